The minimum Gasteiger partial charge on any atom is -0.310 e. The van der Waals surface area contributed by atoms with Crippen molar-refractivity contribution in [2.45, 2.75) is 39.5 Å². The molecule has 0 aliphatic rings. The van der Waals surface area contributed by atoms with Gasteiger partial charge in [-0.05, 0) is 30.8 Å². The quantitative estimate of drug-likeness (QED) is 0.848. The van der Waals surface area contributed by atoms with E-state index in [2.05, 4.69) is 53.2 Å². The highest BCUT2D eigenvalue weighted by molar-refractivity contribution is 5.14. The van der Waals surface area contributed by atoms with Crippen molar-refractivity contribution in [2.75, 3.05) is 7.05 Å². The van der Waals surface area contributed by atoms with Crippen LogP contribution in [0.5, 0.6) is 0 Å². The number of hydrogen-bond acceptors (Lipinski definition) is 4. The summed E-state index contributed by atoms with van der Waals surface area (Å²) in [4.78, 5) is 11.1. The second-order valence-corrected chi connectivity index (χ2v) is 5.69. The summed E-state index contributed by atoms with van der Waals surface area (Å²) in [6.07, 6.45) is 3.79. The van der Waals surface area contributed by atoms with Gasteiger partial charge >= 0.3 is 0 Å². The molecule has 1 N–H and O–H groups in total. The van der Waals surface area contributed by atoms with Crippen LogP contribution in [-0.2, 0) is 19.6 Å². The Hall–Kier alpha value is -1.78. The van der Waals surface area contributed by atoms with Crippen molar-refractivity contribution in [3.8, 4) is 0 Å². The van der Waals surface area contributed by atoms with E-state index >= 15 is 0 Å². The molecule has 112 valence electrons. The molecule has 0 radical (unpaired) electrons. The first-order valence-electron chi connectivity index (χ1n) is 7.39. The lowest BCUT2D eigenvalue weighted by molar-refractivity contribution is 0.311. The Morgan fingerprint density at radius 3 is 2.38 bits per heavy atom. The van der Waals surface area contributed by atoms with Crippen LogP contribution in [0.3, 0.4) is 0 Å². The Morgan fingerprint density at radius 2 is 1.81 bits per heavy atom. The molecular formula is C17H24N4. The number of hydrogen-bond donors (Lipinski definition) is 1. The van der Waals surface area contributed by atoms with Crippen LogP contribution >= 0.6 is 0 Å². The number of nitrogens with one attached hydrogen (secondary N) is 1. The zero-order valence-corrected chi connectivity index (χ0v) is 13.1. The molecule has 4 nitrogen and oxygen atoms in total. The second kappa shape index (κ2) is 7.86. The first kappa shape index (κ1) is 15.6. The van der Waals surface area contributed by atoms with Gasteiger partial charge in [0.2, 0.25) is 0 Å². The van der Waals surface area contributed by atoms with Crippen molar-refractivity contribution in [2.24, 2.45) is 0 Å². The molecule has 0 bridgehead atoms. The number of nitrogens with zero attached hydrogens (tertiary/aromatic N) is 3. The normalized spacial score (nSPS) is 11.3. The fraction of sp³-hybridized carbons (Fsp3) is 0.412. The molecule has 0 saturated heterocycles. The summed E-state index contributed by atoms with van der Waals surface area (Å²) in [5, 5.41) is 3.40. The van der Waals surface area contributed by atoms with E-state index in [9.17, 15) is 0 Å². The third-order valence-electron chi connectivity index (χ3n) is 3.19. The van der Waals surface area contributed by atoms with Crippen molar-refractivity contribution >= 4 is 0 Å². The van der Waals surface area contributed by atoms with E-state index in [1.54, 1.807) is 0 Å². The maximum Gasteiger partial charge on any atom is 0.0544 e. The van der Waals surface area contributed by atoms with Crippen molar-refractivity contribution < 1.29 is 0 Å². The van der Waals surface area contributed by atoms with Crippen LogP contribution in [0.25, 0.3) is 0 Å². The summed E-state index contributed by atoms with van der Waals surface area (Å²) in [7, 11) is 2.09. The molecule has 2 heterocycles. The fourth-order valence-corrected chi connectivity index (χ4v) is 2.08. The van der Waals surface area contributed by atoms with Crippen LogP contribution < -0.4 is 5.32 Å². The molecule has 0 unspecified atom stereocenters. The smallest absolute Gasteiger partial charge is 0.0544 e. The van der Waals surface area contributed by atoms with Crippen LogP contribution in [0.2, 0.25) is 0 Å². The number of rotatable bonds is 7. The highest BCUT2D eigenvalue weighted by atomic mass is 15.1. The molecule has 0 aliphatic heterocycles. The first-order valence-corrected chi connectivity index (χ1v) is 7.39. The summed E-state index contributed by atoms with van der Waals surface area (Å²) in [6, 6.07) is 10.7. The molecule has 2 aromatic rings. The summed E-state index contributed by atoms with van der Waals surface area (Å²) < 4.78 is 0. The van der Waals surface area contributed by atoms with Gasteiger partial charge in [-0.25, -0.2) is 0 Å². The zero-order valence-electron chi connectivity index (χ0n) is 13.1. The topological polar surface area (TPSA) is 41.0 Å². The van der Waals surface area contributed by atoms with Gasteiger partial charge < -0.3 is 5.32 Å². The summed E-state index contributed by atoms with van der Waals surface area (Å²) in [5.41, 5.74) is 3.39. The summed E-state index contributed by atoms with van der Waals surface area (Å²) in [6.45, 7) is 6.82. The molecule has 0 aromatic carbocycles. The standard InChI is InChI=1S/C17H24N4/c1-14(2)19-10-15-7-8-17(20-11-15)13-21(3)12-16-6-4-5-9-18-16/h4-9,11,14,19H,10,12-13H2,1-3H3. The van der Waals surface area contributed by atoms with Gasteiger partial charge in [-0.15, -0.1) is 0 Å². The highest BCUT2D eigenvalue weighted by Gasteiger charge is 2.04. The first-order chi connectivity index (χ1) is 10.1. The van der Waals surface area contributed by atoms with Crippen molar-refractivity contribution in [3.05, 3.63) is 59.7 Å². The maximum atomic E-state index is 4.54. The van der Waals surface area contributed by atoms with Crippen molar-refractivity contribution in [1.29, 1.82) is 0 Å². The Labute approximate surface area is 127 Å². The third kappa shape index (κ3) is 5.61. The van der Waals surface area contributed by atoms with E-state index in [1.807, 2.05) is 30.6 Å². The lowest BCUT2D eigenvalue weighted by Crippen LogP contribution is -2.22. The Morgan fingerprint density at radius 1 is 1.05 bits per heavy atom. The molecule has 4 heteroatoms. The molecule has 2 aromatic heterocycles. The largest absolute Gasteiger partial charge is 0.310 e. The van der Waals surface area contributed by atoms with Crippen LogP contribution in [0, 0.1) is 0 Å². The van der Waals surface area contributed by atoms with Gasteiger partial charge in [-0.1, -0.05) is 26.0 Å². The lowest BCUT2D eigenvalue weighted by atomic mass is 10.2. The lowest BCUT2D eigenvalue weighted by Gasteiger charge is -2.16. The molecule has 0 atom stereocenters. The Bertz CT molecular complexity index is 522. The van der Waals surface area contributed by atoms with E-state index in [0.29, 0.717) is 6.04 Å². The Kier molecular flexibility index (Phi) is 5.84. The van der Waals surface area contributed by atoms with Gasteiger partial charge in [0.1, 0.15) is 0 Å². The van der Waals surface area contributed by atoms with Gasteiger partial charge in [0.05, 0.1) is 11.4 Å². The van der Waals surface area contributed by atoms with Crippen molar-refractivity contribution in [1.82, 2.24) is 20.2 Å². The molecule has 0 saturated carbocycles. The molecule has 0 spiro atoms. The van der Waals surface area contributed by atoms with Gasteiger partial charge in [0.15, 0.2) is 0 Å². The van der Waals surface area contributed by atoms with Crippen molar-refractivity contribution in [3.63, 3.8) is 0 Å². The number of pyridine rings is 2. The molecule has 0 aliphatic carbocycles. The molecule has 0 amide bonds. The average molecular weight is 284 g/mol. The van der Waals surface area contributed by atoms with Crippen LogP contribution in [-0.4, -0.2) is 28.0 Å². The predicted molar refractivity (Wildman–Crippen MR) is 85.6 cm³/mol. The van der Waals surface area contributed by atoms with Crippen LogP contribution in [0.1, 0.15) is 30.8 Å². The van der Waals surface area contributed by atoms with E-state index in [0.717, 1.165) is 31.0 Å². The van der Waals surface area contributed by atoms with E-state index in [1.165, 1.54) is 5.56 Å². The zero-order chi connectivity index (χ0) is 15.1. The fourth-order valence-electron chi connectivity index (χ4n) is 2.08. The van der Waals surface area contributed by atoms with E-state index < -0.39 is 0 Å². The second-order valence-electron chi connectivity index (χ2n) is 5.69. The monoisotopic (exact) mass is 284 g/mol. The molecule has 0 fully saturated rings. The summed E-state index contributed by atoms with van der Waals surface area (Å²) >= 11 is 0. The van der Waals surface area contributed by atoms with Crippen LogP contribution in [0.4, 0.5) is 0 Å². The average Bonchev–Trinajstić information content (AvgIpc) is 2.47. The minimum absolute atomic E-state index is 0.495. The van der Waals surface area contributed by atoms with Gasteiger partial charge in [0.25, 0.3) is 0 Å². The third-order valence-corrected chi connectivity index (χ3v) is 3.19. The molecule has 21 heavy (non-hydrogen) atoms. The number of aromatic nitrogens is 2. The molecular weight excluding hydrogens is 260 g/mol. The maximum absolute atomic E-state index is 4.54. The molecule has 2 rings (SSSR count). The predicted octanol–water partition coefficient (Wildman–Crippen LogP) is 2.61. The van der Waals surface area contributed by atoms with Gasteiger partial charge in [0, 0.05) is 38.1 Å². The van der Waals surface area contributed by atoms with Gasteiger partial charge in [-0.3, -0.25) is 14.9 Å². The van der Waals surface area contributed by atoms with Crippen LogP contribution in [0.15, 0.2) is 42.7 Å². The van der Waals surface area contributed by atoms with E-state index in [4.69, 9.17) is 0 Å². The highest BCUT2D eigenvalue weighted by Crippen LogP contribution is 2.06. The Balaban J connectivity index is 1.85. The minimum atomic E-state index is 0.495. The SMILES string of the molecule is CC(C)NCc1ccc(CN(C)Cc2ccccn2)nc1. The van der Waals surface area contributed by atoms with Gasteiger partial charge in [-0.2, -0.15) is 0 Å². The van der Waals surface area contributed by atoms with E-state index in [-0.39, 0.29) is 0 Å². The summed E-state index contributed by atoms with van der Waals surface area (Å²) in [5.74, 6) is 0.